The zero-order valence-electron chi connectivity index (χ0n) is 12.0. The molecule has 2 heterocycles. The lowest BCUT2D eigenvalue weighted by atomic mass is 10.00. The van der Waals surface area contributed by atoms with Gasteiger partial charge in [0.15, 0.2) is 0 Å². The van der Waals surface area contributed by atoms with E-state index in [0.717, 1.165) is 16.9 Å². The van der Waals surface area contributed by atoms with Gasteiger partial charge in [-0.3, -0.25) is 14.5 Å². The molecule has 110 valence electrons. The minimum Gasteiger partial charge on any atom is -0.480 e. The second kappa shape index (κ2) is 5.54. The van der Waals surface area contributed by atoms with E-state index in [4.69, 9.17) is 0 Å². The van der Waals surface area contributed by atoms with E-state index in [1.165, 1.54) is 0 Å². The summed E-state index contributed by atoms with van der Waals surface area (Å²) in [5.74, 6) is -1.03. The summed E-state index contributed by atoms with van der Waals surface area (Å²) in [6.07, 6.45) is 0.805. The molecule has 1 amide bonds. The summed E-state index contributed by atoms with van der Waals surface area (Å²) in [6, 6.07) is 1.14. The topological polar surface area (TPSA) is 69.6 Å². The van der Waals surface area contributed by atoms with Gasteiger partial charge in [0.25, 0.3) is 0 Å². The summed E-state index contributed by atoms with van der Waals surface area (Å²) < 4.78 is 0. The molecule has 0 saturated carbocycles. The summed E-state index contributed by atoms with van der Waals surface area (Å²) in [6.45, 7) is 6.44. The van der Waals surface area contributed by atoms with Crippen molar-refractivity contribution in [3.8, 4) is 0 Å². The van der Waals surface area contributed by atoms with Crippen molar-refractivity contribution in [3.05, 3.63) is 21.9 Å². The number of carboxylic acid groups (broad SMARTS) is 1. The van der Waals surface area contributed by atoms with Crippen LogP contribution in [0.3, 0.4) is 0 Å². The molecular formula is C14H20N2O3S. The van der Waals surface area contributed by atoms with Gasteiger partial charge in [-0.2, -0.15) is 0 Å². The number of hydrogen-bond acceptors (Lipinski definition) is 4. The molecule has 1 aliphatic rings. The Morgan fingerprint density at radius 2 is 2.20 bits per heavy atom. The third-order valence-corrected chi connectivity index (χ3v) is 4.16. The lowest BCUT2D eigenvalue weighted by Crippen LogP contribution is -2.49. The third kappa shape index (κ3) is 3.37. The third-order valence-electron chi connectivity index (χ3n) is 3.16. The number of hydrogen-bond donors (Lipinski definition) is 2. The first-order valence-electron chi connectivity index (χ1n) is 6.62. The summed E-state index contributed by atoms with van der Waals surface area (Å²) >= 11 is 1.59. The summed E-state index contributed by atoms with van der Waals surface area (Å²) in [4.78, 5) is 26.4. The molecule has 1 aliphatic heterocycles. The van der Waals surface area contributed by atoms with Crippen LogP contribution >= 0.6 is 11.3 Å². The molecule has 0 aliphatic carbocycles. The maximum Gasteiger partial charge on any atom is 0.325 e. The number of fused-ring (bicyclic) bond motifs is 1. The minimum atomic E-state index is -0.895. The van der Waals surface area contributed by atoms with Gasteiger partial charge in [-0.05, 0) is 44.2 Å². The summed E-state index contributed by atoms with van der Waals surface area (Å²) in [5, 5.41) is 14.2. The Bertz CT molecular complexity index is 519. The number of aliphatic carboxylic acids is 1. The Morgan fingerprint density at radius 3 is 2.80 bits per heavy atom. The van der Waals surface area contributed by atoms with Crippen molar-refractivity contribution < 1.29 is 14.7 Å². The fourth-order valence-corrected chi connectivity index (χ4v) is 3.37. The number of nitrogens with one attached hydrogen (secondary N) is 1. The lowest BCUT2D eigenvalue weighted by molar-refractivity contribution is -0.144. The van der Waals surface area contributed by atoms with Crippen LogP contribution in [-0.4, -0.2) is 40.5 Å². The summed E-state index contributed by atoms with van der Waals surface area (Å²) in [7, 11) is 0. The zero-order chi connectivity index (χ0) is 14.9. The van der Waals surface area contributed by atoms with E-state index in [1.807, 2.05) is 32.2 Å². The molecular weight excluding hydrogens is 276 g/mol. The highest BCUT2D eigenvalue weighted by Crippen LogP contribution is 2.33. The van der Waals surface area contributed by atoms with Crippen LogP contribution in [0.1, 0.15) is 37.3 Å². The second-order valence-electron chi connectivity index (χ2n) is 6.06. The van der Waals surface area contributed by atoms with Crippen LogP contribution in [0.15, 0.2) is 11.4 Å². The molecule has 0 bridgehead atoms. The van der Waals surface area contributed by atoms with Crippen molar-refractivity contribution in [1.29, 1.82) is 0 Å². The number of carboxylic acids is 1. The molecule has 20 heavy (non-hydrogen) atoms. The largest absolute Gasteiger partial charge is 0.480 e. The lowest BCUT2D eigenvalue weighted by Gasteiger charge is -2.33. The molecule has 1 atom stereocenters. The fourth-order valence-electron chi connectivity index (χ4n) is 2.47. The predicted octanol–water partition coefficient (Wildman–Crippen LogP) is 1.65. The van der Waals surface area contributed by atoms with Crippen molar-refractivity contribution in [1.82, 2.24) is 10.2 Å². The Morgan fingerprint density at radius 1 is 1.50 bits per heavy atom. The molecule has 0 aromatic carbocycles. The van der Waals surface area contributed by atoms with Crippen molar-refractivity contribution >= 4 is 23.2 Å². The van der Waals surface area contributed by atoms with E-state index < -0.39 is 12.0 Å². The van der Waals surface area contributed by atoms with E-state index >= 15 is 0 Å². The predicted molar refractivity (Wildman–Crippen MR) is 77.9 cm³/mol. The van der Waals surface area contributed by atoms with Crippen LogP contribution in [0, 0.1) is 0 Å². The maximum atomic E-state index is 12.0. The fraction of sp³-hybridized carbons (Fsp3) is 0.571. The van der Waals surface area contributed by atoms with Crippen molar-refractivity contribution in [2.45, 2.75) is 38.8 Å². The summed E-state index contributed by atoms with van der Waals surface area (Å²) in [5.41, 5.74) is 0.524. The van der Waals surface area contributed by atoms with Crippen LogP contribution in [0.2, 0.25) is 0 Å². The van der Waals surface area contributed by atoms with Crippen molar-refractivity contribution in [2.24, 2.45) is 0 Å². The van der Waals surface area contributed by atoms with Gasteiger partial charge in [0.1, 0.15) is 6.04 Å². The smallest absolute Gasteiger partial charge is 0.325 e. The van der Waals surface area contributed by atoms with E-state index in [9.17, 15) is 14.7 Å². The standard InChI is InChI=1S/C14H20N2O3S/c1-14(2,3)15-11(17)8-16-6-4-10-9(5-7-20-10)12(16)13(18)19/h5,7,12H,4,6,8H2,1-3H3,(H,15,17)(H,18,19). The molecule has 0 spiro atoms. The number of amides is 1. The maximum absolute atomic E-state index is 12.0. The first kappa shape index (κ1) is 15.0. The van der Waals surface area contributed by atoms with Gasteiger partial charge in [-0.15, -0.1) is 11.3 Å². The van der Waals surface area contributed by atoms with Gasteiger partial charge >= 0.3 is 5.97 Å². The first-order chi connectivity index (χ1) is 9.28. The number of carbonyl (C=O) groups excluding carboxylic acids is 1. The Balaban J connectivity index is 2.12. The van der Waals surface area contributed by atoms with Crippen LogP contribution in [0.5, 0.6) is 0 Å². The highest BCUT2D eigenvalue weighted by atomic mass is 32.1. The van der Waals surface area contributed by atoms with Crippen molar-refractivity contribution in [2.75, 3.05) is 13.1 Å². The van der Waals surface area contributed by atoms with Gasteiger partial charge in [0.05, 0.1) is 6.54 Å². The number of rotatable bonds is 3. The SMILES string of the molecule is CC(C)(C)NC(=O)CN1CCc2sccc2C1C(=O)O. The molecule has 1 unspecified atom stereocenters. The monoisotopic (exact) mass is 296 g/mol. The normalized spacial score (nSPS) is 19.4. The van der Waals surface area contributed by atoms with Gasteiger partial charge in [0, 0.05) is 17.0 Å². The zero-order valence-corrected chi connectivity index (χ0v) is 12.8. The van der Waals surface area contributed by atoms with Crippen LogP contribution in [0.25, 0.3) is 0 Å². The minimum absolute atomic E-state index is 0.115. The highest BCUT2D eigenvalue weighted by Gasteiger charge is 2.34. The molecule has 5 nitrogen and oxygen atoms in total. The Kier molecular flexibility index (Phi) is 4.15. The first-order valence-corrected chi connectivity index (χ1v) is 7.50. The second-order valence-corrected chi connectivity index (χ2v) is 7.06. The quantitative estimate of drug-likeness (QED) is 0.890. The molecule has 6 heteroatoms. The molecule has 0 radical (unpaired) electrons. The van der Waals surface area contributed by atoms with Gasteiger partial charge in [0.2, 0.25) is 5.91 Å². The average Bonchev–Trinajstić information content (AvgIpc) is 2.73. The van der Waals surface area contributed by atoms with E-state index in [1.54, 1.807) is 16.2 Å². The highest BCUT2D eigenvalue weighted by molar-refractivity contribution is 7.10. The average molecular weight is 296 g/mol. The van der Waals surface area contributed by atoms with Crippen LogP contribution < -0.4 is 5.32 Å². The molecule has 1 aromatic heterocycles. The van der Waals surface area contributed by atoms with Crippen LogP contribution in [0.4, 0.5) is 0 Å². The molecule has 1 aromatic rings. The number of nitrogens with zero attached hydrogens (tertiary/aromatic N) is 1. The van der Waals surface area contributed by atoms with E-state index in [-0.39, 0.29) is 18.0 Å². The van der Waals surface area contributed by atoms with E-state index in [0.29, 0.717) is 6.54 Å². The molecule has 0 fully saturated rings. The van der Waals surface area contributed by atoms with E-state index in [2.05, 4.69) is 5.32 Å². The van der Waals surface area contributed by atoms with Crippen LogP contribution in [-0.2, 0) is 16.0 Å². The number of carbonyl (C=O) groups is 2. The van der Waals surface area contributed by atoms with Gasteiger partial charge in [-0.1, -0.05) is 0 Å². The molecule has 0 saturated heterocycles. The Hall–Kier alpha value is -1.40. The molecule has 2 N–H and O–H groups in total. The van der Waals surface area contributed by atoms with Gasteiger partial charge in [-0.25, -0.2) is 0 Å². The number of thiophene rings is 1. The van der Waals surface area contributed by atoms with Gasteiger partial charge < -0.3 is 10.4 Å². The van der Waals surface area contributed by atoms with Crippen molar-refractivity contribution in [3.63, 3.8) is 0 Å². The molecule has 2 rings (SSSR count). The Labute approximate surface area is 122 Å².